The minimum absolute atomic E-state index is 0.0371. The number of morpholine rings is 1. The Balaban J connectivity index is 1.46. The predicted octanol–water partition coefficient (Wildman–Crippen LogP) is 5.15. The molecule has 1 unspecified atom stereocenters. The van der Waals surface area contributed by atoms with E-state index in [2.05, 4.69) is 15.4 Å². The molecule has 0 aliphatic carbocycles. The van der Waals surface area contributed by atoms with Gasteiger partial charge in [-0.2, -0.15) is 0 Å². The van der Waals surface area contributed by atoms with Crippen LogP contribution in [0.25, 0.3) is 0 Å². The highest BCUT2D eigenvalue weighted by Gasteiger charge is 2.31. The molecule has 0 radical (unpaired) electrons. The number of carbonyl (C=O) groups is 2. The van der Waals surface area contributed by atoms with Gasteiger partial charge in [0.05, 0.1) is 19.1 Å². The summed E-state index contributed by atoms with van der Waals surface area (Å²) in [7, 11) is 0. The molecule has 4 rings (SSSR count). The van der Waals surface area contributed by atoms with Crippen LogP contribution in [0.2, 0.25) is 0 Å². The maximum Gasteiger partial charge on any atom is 0.573 e. The summed E-state index contributed by atoms with van der Waals surface area (Å²) < 4.78 is 46.8. The molecule has 0 spiro atoms. The van der Waals surface area contributed by atoms with Gasteiger partial charge in [0.15, 0.2) is 0 Å². The van der Waals surface area contributed by atoms with Crippen LogP contribution in [0, 0.1) is 0 Å². The van der Waals surface area contributed by atoms with Crippen LogP contribution in [0.5, 0.6) is 5.75 Å². The van der Waals surface area contributed by atoms with Crippen molar-refractivity contribution in [1.82, 2.24) is 10.2 Å². The Morgan fingerprint density at radius 2 is 1.54 bits per heavy atom. The molecule has 1 aliphatic heterocycles. The summed E-state index contributed by atoms with van der Waals surface area (Å²) in [5, 5.41) is 6.34. The van der Waals surface area contributed by atoms with Crippen molar-refractivity contribution in [3.63, 3.8) is 0 Å². The third kappa shape index (κ3) is 9.82. The standard InChI is InChI=1S/C31H34F3N3O4/c32-31(33,34)41-27-15-13-25(14-16-27)35-22-26(12-11-23-7-3-1-4-8-23)36-30(39)28(24-9-5-2-6-10-24)21-29(38)37-17-19-40-20-18-37/h1-10,13-16,26,28,35H,11-12,17-22H2,(H,36,39)/t26?,28-/m0/s1. The largest absolute Gasteiger partial charge is 0.573 e. The molecular formula is C31H34F3N3O4. The number of nitrogens with one attached hydrogen (secondary N) is 2. The fraction of sp³-hybridized carbons (Fsp3) is 0.355. The topological polar surface area (TPSA) is 79.9 Å². The highest BCUT2D eigenvalue weighted by Crippen LogP contribution is 2.25. The number of halogens is 3. The Kier molecular flexibility index (Phi) is 10.6. The van der Waals surface area contributed by atoms with E-state index in [0.717, 1.165) is 11.1 Å². The lowest BCUT2D eigenvalue weighted by atomic mass is 9.93. The fourth-order valence-corrected chi connectivity index (χ4v) is 4.69. The number of alkyl halides is 3. The Hall–Kier alpha value is -4.05. The smallest absolute Gasteiger partial charge is 0.406 e. The lowest BCUT2D eigenvalue weighted by molar-refractivity contribution is -0.274. The summed E-state index contributed by atoms with van der Waals surface area (Å²) in [6, 6.07) is 24.2. The van der Waals surface area contributed by atoms with E-state index in [1.165, 1.54) is 24.3 Å². The molecule has 1 fully saturated rings. The number of anilines is 1. The van der Waals surface area contributed by atoms with E-state index >= 15 is 0 Å². The van der Waals surface area contributed by atoms with Gasteiger partial charge in [-0.05, 0) is 48.2 Å². The SMILES string of the molecule is O=C(NC(CCc1ccccc1)CNc1ccc(OC(F)(F)F)cc1)[C@@H](CC(=O)N1CCOCC1)c1ccccc1. The molecular weight excluding hydrogens is 535 g/mol. The van der Waals surface area contributed by atoms with Crippen molar-refractivity contribution >= 4 is 17.5 Å². The first-order chi connectivity index (χ1) is 19.8. The first kappa shape index (κ1) is 29.9. The van der Waals surface area contributed by atoms with Crippen LogP contribution in [0.1, 0.15) is 29.9 Å². The molecule has 1 heterocycles. The minimum atomic E-state index is -4.76. The van der Waals surface area contributed by atoms with Crippen molar-refractivity contribution in [1.29, 1.82) is 0 Å². The Labute approximate surface area is 237 Å². The molecule has 0 aromatic heterocycles. The average Bonchev–Trinajstić information content (AvgIpc) is 2.98. The molecule has 1 saturated heterocycles. The van der Waals surface area contributed by atoms with E-state index < -0.39 is 12.3 Å². The number of hydrogen-bond donors (Lipinski definition) is 2. The van der Waals surface area contributed by atoms with E-state index in [1.807, 2.05) is 60.7 Å². The third-order valence-electron chi connectivity index (χ3n) is 6.87. The number of hydrogen-bond acceptors (Lipinski definition) is 5. The van der Waals surface area contributed by atoms with Crippen LogP contribution in [0.3, 0.4) is 0 Å². The zero-order valence-electron chi connectivity index (χ0n) is 22.6. The second-order valence-corrected chi connectivity index (χ2v) is 9.84. The maximum absolute atomic E-state index is 13.7. The first-order valence-electron chi connectivity index (χ1n) is 13.6. The van der Waals surface area contributed by atoms with Gasteiger partial charge >= 0.3 is 6.36 Å². The Morgan fingerprint density at radius 3 is 2.17 bits per heavy atom. The molecule has 3 aromatic carbocycles. The highest BCUT2D eigenvalue weighted by atomic mass is 19.4. The van der Waals surface area contributed by atoms with Crippen LogP contribution in [-0.4, -0.2) is 62.0 Å². The van der Waals surface area contributed by atoms with Gasteiger partial charge in [0.2, 0.25) is 11.8 Å². The van der Waals surface area contributed by atoms with Crippen molar-refractivity contribution in [2.75, 3.05) is 38.2 Å². The molecule has 10 heteroatoms. The van der Waals surface area contributed by atoms with E-state index in [1.54, 1.807) is 4.90 Å². The molecule has 2 N–H and O–H groups in total. The molecule has 2 atom stereocenters. The van der Waals surface area contributed by atoms with Crippen LogP contribution in [0.4, 0.5) is 18.9 Å². The van der Waals surface area contributed by atoms with Crippen molar-refractivity contribution in [3.05, 3.63) is 96.1 Å². The third-order valence-corrected chi connectivity index (χ3v) is 6.87. The molecule has 2 amide bonds. The van der Waals surface area contributed by atoms with Crippen LogP contribution in [0.15, 0.2) is 84.9 Å². The fourth-order valence-electron chi connectivity index (χ4n) is 4.69. The quantitative estimate of drug-likeness (QED) is 0.316. The van der Waals surface area contributed by atoms with E-state index in [9.17, 15) is 22.8 Å². The molecule has 1 aliphatic rings. The van der Waals surface area contributed by atoms with Crippen molar-refractivity contribution in [2.24, 2.45) is 0 Å². The average molecular weight is 570 g/mol. The lowest BCUT2D eigenvalue weighted by Gasteiger charge is -2.29. The number of benzene rings is 3. The van der Waals surface area contributed by atoms with Crippen LogP contribution >= 0.6 is 0 Å². The van der Waals surface area contributed by atoms with Gasteiger partial charge in [0.25, 0.3) is 0 Å². The normalized spacial score (nSPS) is 15.0. The Bertz CT molecular complexity index is 1230. The molecule has 218 valence electrons. The molecule has 3 aromatic rings. The zero-order chi connectivity index (χ0) is 29.1. The lowest BCUT2D eigenvalue weighted by Crippen LogP contribution is -2.45. The summed E-state index contributed by atoms with van der Waals surface area (Å²) in [4.78, 5) is 28.5. The highest BCUT2D eigenvalue weighted by molar-refractivity contribution is 5.90. The number of ether oxygens (including phenoxy) is 2. The van der Waals surface area contributed by atoms with Gasteiger partial charge in [-0.15, -0.1) is 13.2 Å². The van der Waals surface area contributed by atoms with Gasteiger partial charge in [-0.1, -0.05) is 60.7 Å². The van der Waals surface area contributed by atoms with Crippen molar-refractivity contribution < 1.29 is 32.2 Å². The van der Waals surface area contributed by atoms with Gasteiger partial charge in [-0.25, -0.2) is 0 Å². The summed E-state index contributed by atoms with van der Waals surface area (Å²) in [6.07, 6.45) is -3.42. The summed E-state index contributed by atoms with van der Waals surface area (Å²) in [5.74, 6) is -1.35. The van der Waals surface area contributed by atoms with Crippen molar-refractivity contribution in [3.8, 4) is 5.75 Å². The van der Waals surface area contributed by atoms with E-state index in [4.69, 9.17) is 4.74 Å². The number of carbonyl (C=O) groups excluding carboxylic acids is 2. The van der Waals surface area contributed by atoms with Crippen LogP contribution in [-0.2, 0) is 20.7 Å². The number of rotatable bonds is 12. The summed E-state index contributed by atoms with van der Waals surface area (Å²) in [6.45, 7) is 2.28. The van der Waals surface area contributed by atoms with Gasteiger partial charge < -0.3 is 25.0 Å². The second kappa shape index (κ2) is 14.5. The second-order valence-electron chi connectivity index (χ2n) is 9.84. The maximum atomic E-state index is 13.7. The number of amides is 2. The number of nitrogens with zero attached hydrogens (tertiary/aromatic N) is 1. The van der Waals surface area contributed by atoms with Gasteiger partial charge in [0.1, 0.15) is 5.75 Å². The summed E-state index contributed by atoms with van der Waals surface area (Å²) in [5.41, 5.74) is 2.45. The predicted molar refractivity (Wildman–Crippen MR) is 150 cm³/mol. The Morgan fingerprint density at radius 1 is 0.902 bits per heavy atom. The first-order valence-corrected chi connectivity index (χ1v) is 13.6. The van der Waals surface area contributed by atoms with Gasteiger partial charge in [0, 0.05) is 37.8 Å². The van der Waals surface area contributed by atoms with E-state index in [-0.39, 0.29) is 30.0 Å². The van der Waals surface area contributed by atoms with Crippen LogP contribution < -0.4 is 15.4 Å². The van der Waals surface area contributed by atoms with Crippen molar-refractivity contribution in [2.45, 2.75) is 37.6 Å². The number of aryl methyl sites for hydroxylation is 1. The molecule has 0 bridgehead atoms. The molecule has 41 heavy (non-hydrogen) atoms. The van der Waals surface area contributed by atoms with Gasteiger partial charge in [-0.3, -0.25) is 9.59 Å². The monoisotopic (exact) mass is 569 g/mol. The zero-order valence-corrected chi connectivity index (χ0v) is 22.6. The summed E-state index contributed by atoms with van der Waals surface area (Å²) >= 11 is 0. The minimum Gasteiger partial charge on any atom is -0.406 e. The molecule has 0 saturated carbocycles. The van der Waals surface area contributed by atoms with E-state index in [0.29, 0.717) is 51.4 Å². The molecule has 7 nitrogen and oxygen atoms in total.